The van der Waals surface area contributed by atoms with Crippen LogP contribution in [-0.4, -0.2) is 30.7 Å². The van der Waals surface area contributed by atoms with Crippen LogP contribution >= 0.6 is 0 Å². The first kappa shape index (κ1) is 21.2. The number of hydrogen-bond donors (Lipinski definition) is 0. The van der Waals surface area contributed by atoms with Crippen LogP contribution < -0.4 is 0 Å². The van der Waals surface area contributed by atoms with Gasteiger partial charge in [-0.2, -0.15) is 0 Å². The van der Waals surface area contributed by atoms with Crippen molar-refractivity contribution in [2.24, 2.45) is 5.92 Å². The second-order valence-electron chi connectivity index (χ2n) is 7.95. The highest BCUT2D eigenvalue weighted by Crippen LogP contribution is 2.58. The molecule has 3 atom stereocenters. The maximum atomic E-state index is 6.36. The van der Waals surface area contributed by atoms with E-state index in [9.17, 15) is 0 Å². The van der Waals surface area contributed by atoms with Crippen molar-refractivity contribution in [1.82, 2.24) is 0 Å². The highest BCUT2D eigenvalue weighted by Gasteiger charge is 2.66. The molecule has 1 aliphatic heterocycles. The van der Waals surface area contributed by atoms with Crippen LogP contribution in [-0.2, 0) is 14.2 Å². The monoisotopic (exact) mass is 354 g/mol. The largest absolute Gasteiger partial charge is 0.366 e. The third-order valence-electron chi connectivity index (χ3n) is 6.37. The molecule has 1 aliphatic carbocycles. The molecular weight excluding hydrogens is 312 g/mol. The van der Waals surface area contributed by atoms with E-state index in [1.165, 1.54) is 70.6 Å². The van der Waals surface area contributed by atoms with Crippen LogP contribution in [0.4, 0.5) is 0 Å². The fraction of sp³-hybridized carbons (Fsp3) is 1.00. The number of unbranched alkanes of at least 4 members (excludes halogenated alkanes) is 5. The van der Waals surface area contributed by atoms with Gasteiger partial charge in [0.1, 0.15) is 5.60 Å². The molecule has 0 amide bonds. The minimum atomic E-state index is -0.459. The van der Waals surface area contributed by atoms with Crippen molar-refractivity contribution in [3.63, 3.8) is 0 Å². The SMILES string of the molecule is CCCCCCCCC(C(CC)(OCC)OCC)C12CCCCC1O2. The summed E-state index contributed by atoms with van der Waals surface area (Å²) in [6.07, 6.45) is 15.6. The molecule has 3 unspecified atom stereocenters. The van der Waals surface area contributed by atoms with Crippen LogP contribution in [0, 0.1) is 5.92 Å². The first-order valence-electron chi connectivity index (χ1n) is 11.1. The fourth-order valence-corrected chi connectivity index (χ4v) is 5.11. The van der Waals surface area contributed by atoms with E-state index in [0.717, 1.165) is 6.42 Å². The van der Waals surface area contributed by atoms with Crippen molar-refractivity contribution in [3.8, 4) is 0 Å². The smallest absolute Gasteiger partial charge is 0.173 e. The van der Waals surface area contributed by atoms with Crippen molar-refractivity contribution in [2.75, 3.05) is 13.2 Å². The molecule has 1 heterocycles. The molecule has 3 nitrogen and oxygen atoms in total. The van der Waals surface area contributed by atoms with Crippen LogP contribution in [0.15, 0.2) is 0 Å². The first-order chi connectivity index (χ1) is 12.2. The molecule has 0 bridgehead atoms. The molecule has 0 aromatic heterocycles. The lowest BCUT2D eigenvalue weighted by Crippen LogP contribution is -2.51. The van der Waals surface area contributed by atoms with E-state index in [1.54, 1.807) is 0 Å². The summed E-state index contributed by atoms with van der Waals surface area (Å²) in [5.74, 6) is -0.0830. The van der Waals surface area contributed by atoms with Gasteiger partial charge in [-0.15, -0.1) is 0 Å². The van der Waals surface area contributed by atoms with Crippen molar-refractivity contribution >= 4 is 0 Å². The Bertz CT molecular complexity index is 364. The summed E-state index contributed by atoms with van der Waals surface area (Å²) in [4.78, 5) is 0. The van der Waals surface area contributed by atoms with Crippen molar-refractivity contribution in [1.29, 1.82) is 0 Å². The van der Waals surface area contributed by atoms with Gasteiger partial charge in [-0.25, -0.2) is 0 Å². The Hall–Kier alpha value is -0.120. The van der Waals surface area contributed by atoms with Crippen LogP contribution in [0.1, 0.15) is 105 Å². The average Bonchev–Trinajstić information content (AvgIpc) is 3.36. The molecule has 25 heavy (non-hydrogen) atoms. The van der Waals surface area contributed by atoms with E-state index < -0.39 is 5.79 Å². The molecule has 0 aromatic carbocycles. The molecule has 2 rings (SSSR count). The summed E-state index contributed by atoms with van der Waals surface area (Å²) < 4.78 is 19.0. The second kappa shape index (κ2) is 10.3. The highest BCUT2D eigenvalue weighted by molar-refractivity contribution is 5.12. The van der Waals surface area contributed by atoms with E-state index in [0.29, 0.717) is 25.2 Å². The molecule has 1 saturated carbocycles. The van der Waals surface area contributed by atoms with Crippen LogP contribution in [0.3, 0.4) is 0 Å². The number of epoxide rings is 1. The van der Waals surface area contributed by atoms with Crippen molar-refractivity contribution < 1.29 is 14.2 Å². The molecule has 148 valence electrons. The summed E-state index contributed by atoms with van der Waals surface area (Å²) in [6.45, 7) is 10.1. The van der Waals surface area contributed by atoms with E-state index in [4.69, 9.17) is 14.2 Å². The quantitative estimate of drug-likeness (QED) is 0.210. The summed E-state index contributed by atoms with van der Waals surface area (Å²) >= 11 is 0. The summed E-state index contributed by atoms with van der Waals surface area (Å²) in [7, 11) is 0. The van der Waals surface area contributed by atoms with E-state index >= 15 is 0 Å². The maximum absolute atomic E-state index is 6.36. The fourth-order valence-electron chi connectivity index (χ4n) is 5.11. The van der Waals surface area contributed by atoms with Gasteiger partial charge in [0.2, 0.25) is 0 Å². The predicted molar refractivity (Wildman–Crippen MR) is 104 cm³/mol. The zero-order valence-corrected chi connectivity index (χ0v) is 17.3. The van der Waals surface area contributed by atoms with Gasteiger partial charge >= 0.3 is 0 Å². The summed E-state index contributed by atoms with van der Waals surface area (Å²) in [5, 5.41) is 0. The van der Waals surface area contributed by atoms with E-state index in [-0.39, 0.29) is 5.60 Å². The lowest BCUT2D eigenvalue weighted by molar-refractivity contribution is -0.277. The normalized spacial score (nSPS) is 27.1. The van der Waals surface area contributed by atoms with Gasteiger partial charge in [0, 0.05) is 19.1 Å². The van der Waals surface area contributed by atoms with E-state index in [1.807, 2.05) is 0 Å². The zero-order chi connectivity index (χ0) is 18.2. The van der Waals surface area contributed by atoms with Gasteiger partial charge in [0.25, 0.3) is 0 Å². The molecule has 2 aliphatic rings. The van der Waals surface area contributed by atoms with Gasteiger partial charge < -0.3 is 14.2 Å². The van der Waals surface area contributed by atoms with Crippen LogP contribution in [0.2, 0.25) is 0 Å². The Labute approximate surface area is 156 Å². The summed E-state index contributed by atoms with van der Waals surface area (Å²) in [6, 6.07) is 0. The topological polar surface area (TPSA) is 31.0 Å². The molecule has 2 fully saturated rings. The Balaban J connectivity index is 2.05. The van der Waals surface area contributed by atoms with Crippen molar-refractivity contribution in [3.05, 3.63) is 0 Å². The zero-order valence-electron chi connectivity index (χ0n) is 17.3. The Morgan fingerprint density at radius 2 is 1.64 bits per heavy atom. The number of rotatable bonds is 14. The third-order valence-corrected chi connectivity index (χ3v) is 6.37. The Morgan fingerprint density at radius 1 is 0.960 bits per heavy atom. The predicted octanol–water partition coefficient (Wildman–Crippen LogP) is 6.24. The number of hydrogen-bond acceptors (Lipinski definition) is 3. The Morgan fingerprint density at radius 3 is 2.24 bits per heavy atom. The van der Waals surface area contributed by atoms with Crippen LogP contribution in [0.25, 0.3) is 0 Å². The van der Waals surface area contributed by atoms with Crippen molar-refractivity contribution in [2.45, 2.75) is 122 Å². The van der Waals surface area contributed by atoms with Gasteiger partial charge in [-0.3, -0.25) is 0 Å². The molecular formula is C22H42O3. The number of fused-ring (bicyclic) bond motifs is 1. The average molecular weight is 355 g/mol. The molecule has 0 aromatic rings. The van der Waals surface area contributed by atoms with Gasteiger partial charge in [0.15, 0.2) is 5.79 Å². The van der Waals surface area contributed by atoms with E-state index in [2.05, 4.69) is 27.7 Å². The molecule has 0 radical (unpaired) electrons. The second-order valence-corrected chi connectivity index (χ2v) is 7.95. The Kier molecular flexibility index (Phi) is 8.71. The minimum Gasteiger partial charge on any atom is -0.366 e. The maximum Gasteiger partial charge on any atom is 0.173 e. The highest BCUT2D eigenvalue weighted by atomic mass is 16.7. The first-order valence-corrected chi connectivity index (χ1v) is 11.1. The molecule has 3 heteroatoms. The lowest BCUT2D eigenvalue weighted by Gasteiger charge is -2.43. The molecule has 1 saturated heterocycles. The van der Waals surface area contributed by atoms with Gasteiger partial charge in [0.05, 0.1) is 6.10 Å². The lowest BCUT2D eigenvalue weighted by atomic mass is 9.72. The molecule has 0 N–H and O–H groups in total. The van der Waals surface area contributed by atoms with Crippen LogP contribution in [0.5, 0.6) is 0 Å². The molecule has 0 spiro atoms. The standard InChI is InChI=1S/C22H42O3/c1-5-9-10-11-12-13-16-19(21-18-15-14-17-20(21)25-21)22(6-2,23-7-3)24-8-4/h19-20H,5-18H2,1-4H3. The summed E-state index contributed by atoms with van der Waals surface area (Å²) in [5.41, 5.74) is 0.0437. The van der Waals surface area contributed by atoms with Gasteiger partial charge in [-0.05, 0) is 39.5 Å². The third kappa shape index (κ3) is 4.99. The van der Waals surface area contributed by atoms with Gasteiger partial charge in [-0.1, -0.05) is 65.2 Å². The minimum absolute atomic E-state index is 0.0437. The number of ether oxygens (including phenoxy) is 3.